The van der Waals surface area contributed by atoms with Crippen molar-refractivity contribution < 1.29 is 27.2 Å². The number of hydrogen-bond donors (Lipinski definition) is 2. The molecule has 1 saturated heterocycles. The van der Waals surface area contributed by atoms with Gasteiger partial charge in [-0.2, -0.15) is 0 Å². The SMILES string of the molecule is O=C1NC(=O)/C(=C2\C(=O)N(Cc3ccc(Cl)c(Cl)c3)c3ccc(S(=O)(=O)Nc4ccc(CF)cc4)cc32)S1. The Hall–Kier alpha value is -3.38. The van der Waals surface area contributed by atoms with Crippen molar-refractivity contribution in [2.75, 3.05) is 9.62 Å². The highest BCUT2D eigenvalue weighted by molar-refractivity contribution is 8.18. The molecule has 1 fully saturated rings. The number of alkyl halides is 1. The Labute approximate surface area is 230 Å². The van der Waals surface area contributed by atoms with E-state index in [-0.39, 0.29) is 38.2 Å². The summed E-state index contributed by atoms with van der Waals surface area (Å²) in [5.41, 5.74) is 1.69. The van der Waals surface area contributed by atoms with Gasteiger partial charge in [-0.3, -0.25) is 24.4 Å². The number of thioether (sulfide) groups is 1. The highest BCUT2D eigenvalue weighted by Crippen LogP contribution is 2.44. The Morgan fingerprint density at radius 3 is 2.26 bits per heavy atom. The first-order chi connectivity index (χ1) is 18.1. The maximum Gasteiger partial charge on any atom is 0.290 e. The van der Waals surface area contributed by atoms with Crippen LogP contribution in [0.25, 0.3) is 5.57 Å². The van der Waals surface area contributed by atoms with E-state index in [2.05, 4.69) is 10.0 Å². The van der Waals surface area contributed by atoms with Crippen LogP contribution in [0.5, 0.6) is 0 Å². The third kappa shape index (κ3) is 4.90. The molecule has 0 unspecified atom stereocenters. The lowest BCUT2D eigenvalue weighted by Gasteiger charge is -2.18. The molecule has 194 valence electrons. The minimum absolute atomic E-state index is 0.0466. The molecule has 13 heteroatoms. The maximum atomic E-state index is 13.6. The summed E-state index contributed by atoms with van der Waals surface area (Å²) in [5.74, 6) is -1.33. The number of carbonyl (C=O) groups excluding carboxylic acids is 3. The third-order valence-corrected chi connectivity index (χ3v) is 8.83. The van der Waals surface area contributed by atoms with Crippen molar-refractivity contribution in [3.63, 3.8) is 0 Å². The summed E-state index contributed by atoms with van der Waals surface area (Å²) >= 11 is 12.7. The van der Waals surface area contributed by atoms with Gasteiger partial charge in [-0.1, -0.05) is 41.4 Å². The normalized spacial score (nSPS) is 17.1. The Balaban J connectivity index is 1.58. The predicted octanol–water partition coefficient (Wildman–Crippen LogP) is 5.50. The number of fused-ring (bicyclic) bond motifs is 1. The summed E-state index contributed by atoms with van der Waals surface area (Å²) in [7, 11) is -4.13. The molecule has 3 amide bonds. The quantitative estimate of drug-likeness (QED) is 0.366. The molecule has 0 bridgehead atoms. The molecular weight excluding hydrogens is 576 g/mol. The lowest BCUT2D eigenvalue weighted by molar-refractivity contribution is -0.116. The highest BCUT2D eigenvalue weighted by atomic mass is 35.5. The standard InChI is InChI=1S/C25H16Cl2FN3O5S2/c26-18-7-3-14(9-19(18)27)12-31-20-8-6-16(38(35,36)30-15-4-1-13(11-28)2-5-15)10-17(20)21(24(31)33)22-23(32)29-25(34)37-22/h1-10,30H,11-12H2,(H,29,32,34)/b22-21+. The average Bonchev–Trinajstić information content (AvgIpc) is 3.35. The molecule has 2 aliphatic heterocycles. The number of nitrogens with one attached hydrogen (secondary N) is 2. The number of sulfonamides is 1. The van der Waals surface area contributed by atoms with Crippen LogP contribution >= 0.6 is 35.0 Å². The Bertz CT molecular complexity index is 1660. The first-order valence-electron chi connectivity index (χ1n) is 10.9. The zero-order valence-electron chi connectivity index (χ0n) is 19.1. The van der Waals surface area contributed by atoms with Gasteiger partial charge in [0.1, 0.15) is 6.67 Å². The van der Waals surface area contributed by atoms with Gasteiger partial charge in [-0.05, 0) is 65.4 Å². The lowest BCUT2D eigenvalue weighted by Crippen LogP contribution is -2.26. The molecule has 0 radical (unpaired) electrons. The van der Waals surface area contributed by atoms with Gasteiger partial charge in [0.05, 0.1) is 37.7 Å². The molecule has 0 saturated carbocycles. The summed E-state index contributed by atoms with van der Waals surface area (Å²) in [6.07, 6.45) is 0. The first kappa shape index (κ1) is 26.2. The van der Waals surface area contributed by atoms with E-state index in [0.717, 1.165) is 0 Å². The first-order valence-corrected chi connectivity index (χ1v) is 14.0. The predicted molar refractivity (Wildman–Crippen MR) is 144 cm³/mol. The largest absolute Gasteiger partial charge is 0.303 e. The molecule has 3 aromatic rings. The molecule has 3 aromatic carbocycles. The van der Waals surface area contributed by atoms with Crippen molar-refractivity contribution in [2.45, 2.75) is 18.1 Å². The monoisotopic (exact) mass is 591 g/mol. The van der Waals surface area contributed by atoms with Crippen LogP contribution in [0.4, 0.5) is 20.6 Å². The van der Waals surface area contributed by atoms with Crippen LogP contribution in [0.3, 0.4) is 0 Å². The van der Waals surface area contributed by atoms with E-state index in [1.165, 1.54) is 47.4 Å². The van der Waals surface area contributed by atoms with E-state index in [4.69, 9.17) is 23.2 Å². The fraction of sp³-hybridized carbons (Fsp3) is 0.0800. The number of benzene rings is 3. The molecule has 0 aliphatic carbocycles. The van der Waals surface area contributed by atoms with Crippen molar-refractivity contribution in [1.82, 2.24) is 5.32 Å². The topological polar surface area (TPSA) is 113 Å². The second kappa shape index (κ2) is 10.1. The number of nitrogens with zero attached hydrogens (tertiary/aromatic N) is 1. The number of imide groups is 1. The van der Waals surface area contributed by atoms with Crippen molar-refractivity contribution in [1.29, 1.82) is 0 Å². The number of anilines is 2. The molecule has 0 atom stereocenters. The second-order valence-corrected chi connectivity index (χ2v) is 11.8. The summed E-state index contributed by atoms with van der Waals surface area (Å²) in [5, 5.41) is 2.11. The van der Waals surface area contributed by atoms with Gasteiger partial charge in [0, 0.05) is 11.3 Å². The molecule has 2 N–H and O–H groups in total. The van der Waals surface area contributed by atoms with Crippen LogP contribution in [0.2, 0.25) is 10.0 Å². The lowest BCUT2D eigenvalue weighted by atomic mass is 10.1. The van der Waals surface area contributed by atoms with E-state index in [1.807, 2.05) is 0 Å². The van der Waals surface area contributed by atoms with Crippen LogP contribution < -0.4 is 14.9 Å². The number of carbonyl (C=O) groups is 3. The summed E-state index contributed by atoms with van der Waals surface area (Å²) in [6, 6.07) is 14.7. The molecule has 38 heavy (non-hydrogen) atoms. The van der Waals surface area contributed by atoms with E-state index in [9.17, 15) is 27.2 Å². The van der Waals surface area contributed by atoms with Crippen LogP contribution in [-0.4, -0.2) is 25.5 Å². The van der Waals surface area contributed by atoms with Gasteiger partial charge in [0.25, 0.3) is 27.1 Å². The molecule has 0 aromatic heterocycles. The molecule has 2 heterocycles. The molecule has 5 rings (SSSR count). The van der Waals surface area contributed by atoms with Gasteiger partial charge in [-0.15, -0.1) is 0 Å². The smallest absolute Gasteiger partial charge is 0.290 e. The summed E-state index contributed by atoms with van der Waals surface area (Å²) in [6.45, 7) is -0.638. The summed E-state index contributed by atoms with van der Waals surface area (Å²) in [4.78, 5) is 39.0. The molecule has 8 nitrogen and oxygen atoms in total. The molecular formula is C25H16Cl2FN3O5S2. The Morgan fingerprint density at radius 1 is 0.921 bits per heavy atom. The van der Waals surface area contributed by atoms with Crippen LogP contribution in [0.1, 0.15) is 16.7 Å². The van der Waals surface area contributed by atoms with E-state index in [0.29, 0.717) is 33.6 Å². The average molecular weight is 592 g/mol. The van der Waals surface area contributed by atoms with Crippen LogP contribution in [-0.2, 0) is 32.8 Å². The minimum Gasteiger partial charge on any atom is -0.303 e. The Morgan fingerprint density at radius 2 is 1.63 bits per heavy atom. The Kier molecular flexibility index (Phi) is 6.95. The minimum atomic E-state index is -4.13. The summed E-state index contributed by atoms with van der Waals surface area (Å²) < 4.78 is 41.5. The van der Waals surface area contributed by atoms with Crippen molar-refractivity contribution in [2.24, 2.45) is 0 Å². The van der Waals surface area contributed by atoms with Gasteiger partial charge in [0.15, 0.2) is 0 Å². The van der Waals surface area contributed by atoms with Gasteiger partial charge >= 0.3 is 0 Å². The van der Waals surface area contributed by atoms with Gasteiger partial charge in [0.2, 0.25) is 0 Å². The molecule has 0 spiro atoms. The fourth-order valence-corrected chi connectivity index (χ4v) is 6.21. The van der Waals surface area contributed by atoms with Crippen LogP contribution in [0.15, 0.2) is 70.5 Å². The molecule has 2 aliphatic rings. The van der Waals surface area contributed by atoms with Crippen molar-refractivity contribution in [3.8, 4) is 0 Å². The zero-order valence-corrected chi connectivity index (χ0v) is 22.3. The van der Waals surface area contributed by atoms with E-state index >= 15 is 0 Å². The fourth-order valence-electron chi connectivity index (χ4n) is 4.03. The number of halogens is 3. The van der Waals surface area contributed by atoms with E-state index in [1.54, 1.807) is 18.2 Å². The highest BCUT2D eigenvalue weighted by Gasteiger charge is 2.40. The van der Waals surface area contributed by atoms with Crippen molar-refractivity contribution >= 4 is 79.0 Å². The van der Waals surface area contributed by atoms with E-state index < -0.39 is 33.8 Å². The van der Waals surface area contributed by atoms with Crippen LogP contribution in [0, 0.1) is 0 Å². The van der Waals surface area contributed by atoms with Gasteiger partial charge < -0.3 is 4.90 Å². The zero-order chi connectivity index (χ0) is 27.2. The number of amides is 3. The third-order valence-electron chi connectivity index (χ3n) is 5.83. The maximum absolute atomic E-state index is 13.6. The van der Waals surface area contributed by atoms with Gasteiger partial charge in [-0.25, -0.2) is 12.8 Å². The second-order valence-electron chi connectivity index (χ2n) is 8.30. The number of rotatable bonds is 6. The van der Waals surface area contributed by atoms with Crippen molar-refractivity contribution in [3.05, 3.63) is 92.3 Å². The number of hydrogen-bond acceptors (Lipinski definition) is 6.